The zero-order valence-electron chi connectivity index (χ0n) is 16.8. The van der Waals surface area contributed by atoms with E-state index in [0.717, 1.165) is 28.8 Å². The maximum atomic E-state index is 13.1. The number of benzene rings is 2. The third-order valence-corrected chi connectivity index (χ3v) is 5.80. The highest BCUT2D eigenvalue weighted by atomic mass is 79.9. The van der Waals surface area contributed by atoms with Gasteiger partial charge in [0, 0.05) is 35.4 Å². The Bertz CT molecular complexity index is 1110. The Morgan fingerprint density at radius 2 is 1.87 bits per heavy atom. The highest BCUT2D eigenvalue weighted by Crippen LogP contribution is 2.18. The molecule has 0 saturated heterocycles. The molecule has 0 atom stereocenters. The minimum atomic E-state index is -0.245. The highest BCUT2D eigenvalue weighted by Gasteiger charge is 2.23. The van der Waals surface area contributed by atoms with Crippen LogP contribution in [0.25, 0.3) is 0 Å². The van der Waals surface area contributed by atoms with Gasteiger partial charge in [0.2, 0.25) is 5.91 Å². The molecule has 0 fully saturated rings. The van der Waals surface area contributed by atoms with Gasteiger partial charge in [-0.25, -0.2) is 4.98 Å². The average Bonchev–Trinajstić information content (AvgIpc) is 2.73. The second-order valence-corrected chi connectivity index (χ2v) is 8.39. The van der Waals surface area contributed by atoms with Crippen LogP contribution in [0.4, 0.5) is 5.69 Å². The number of nitrogens with zero attached hydrogens (tertiary/aromatic N) is 3. The number of carbonyl (C=O) groups is 1. The van der Waals surface area contributed by atoms with Crippen molar-refractivity contribution in [3.05, 3.63) is 92.1 Å². The fraction of sp³-hybridized carbons (Fsp3) is 0.261. The molecule has 4 rings (SSSR count). The first-order valence-corrected chi connectivity index (χ1v) is 10.7. The van der Waals surface area contributed by atoms with Gasteiger partial charge in [0.25, 0.3) is 5.56 Å². The molecule has 3 aromatic rings. The molecule has 1 aliphatic heterocycles. The van der Waals surface area contributed by atoms with Gasteiger partial charge >= 0.3 is 0 Å². The second-order valence-electron chi connectivity index (χ2n) is 7.48. The molecule has 154 valence electrons. The summed E-state index contributed by atoms with van der Waals surface area (Å²) in [7, 11) is 0. The lowest BCUT2D eigenvalue weighted by molar-refractivity contribution is -0.116. The second kappa shape index (κ2) is 8.93. The monoisotopic (exact) mass is 466 g/mol. The molecule has 0 bridgehead atoms. The number of carbonyl (C=O) groups excluding carboxylic acids is 1. The van der Waals surface area contributed by atoms with E-state index in [-0.39, 0.29) is 18.0 Å². The van der Waals surface area contributed by atoms with Gasteiger partial charge in [-0.15, -0.1) is 0 Å². The molecule has 1 aliphatic rings. The highest BCUT2D eigenvalue weighted by molar-refractivity contribution is 9.10. The van der Waals surface area contributed by atoms with Crippen molar-refractivity contribution in [1.82, 2.24) is 14.5 Å². The number of nitrogens with one attached hydrogen (secondary N) is 1. The van der Waals surface area contributed by atoms with Crippen molar-refractivity contribution >= 4 is 27.5 Å². The number of aryl methyl sites for hydroxylation is 1. The largest absolute Gasteiger partial charge is 0.325 e. The van der Waals surface area contributed by atoms with Gasteiger partial charge in [0.15, 0.2) is 0 Å². The number of fused-ring (bicyclic) bond motifs is 1. The van der Waals surface area contributed by atoms with Crippen LogP contribution in [0, 0.1) is 6.92 Å². The normalized spacial score (nSPS) is 13.7. The van der Waals surface area contributed by atoms with Crippen LogP contribution in [0.15, 0.2) is 63.9 Å². The molecule has 0 aliphatic carbocycles. The summed E-state index contributed by atoms with van der Waals surface area (Å²) in [5, 5.41) is 2.83. The van der Waals surface area contributed by atoms with Gasteiger partial charge in [-0.1, -0.05) is 46.3 Å². The number of hydrogen-bond acceptors (Lipinski definition) is 4. The first kappa shape index (κ1) is 20.5. The number of hydrogen-bond donors (Lipinski definition) is 1. The minimum absolute atomic E-state index is 0.0469. The smallest absolute Gasteiger partial charge is 0.257 e. The Hall–Kier alpha value is -2.77. The molecule has 30 heavy (non-hydrogen) atoms. The van der Waals surface area contributed by atoms with Crippen LogP contribution in [0.2, 0.25) is 0 Å². The maximum absolute atomic E-state index is 13.1. The van der Waals surface area contributed by atoms with Gasteiger partial charge in [-0.3, -0.25) is 19.1 Å². The summed E-state index contributed by atoms with van der Waals surface area (Å²) >= 11 is 3.37. The summed E-state index contributed by atoms with van der Waals surface area (Å²) in [6.07, 6.45) is 0.641. The van der Waals surface area contributed by atoms with E-state index in [1.54, 1.807) is 6.92 Å². The van der Waals surface area contributed by atoms with Gasteiger partial charge in [0.1, 0.15) is 12.4 Å². The van der Waals surface area contributed by atoms with Crippen LogP contribution in [-0.4, -0.2) is 26.9 Å². The van der Waals surface area contributed by atoms with Crippen molar-refractivity contribution in [3.8, 4) is 0 Å². The number of amides is 1. The van der Waals surface area contributed by atoms with Crippen molar-refractivity contribution in [2.24, 2.45) is 0 Å². The van der Waals surface area contributed by atoms with Crippen molar-refractivity contribution in [2.75, 3.05) is 11.9 Å². The van der Waals surface area contributed by atoms with E-state index in [2.05, 4.69) is 43.3 Å². The summed E-state index contributed by atoms with van der Waals surface area (Å²) < 4.78 is 2.41. The number of halogens is 1. The summed E-state index contributed by atoms with van der Waals surface area (Å²) in [4.78, 5) is 32.5. The summed E-state index contributed by atoms with van der Waals surface area (Å²) in [6, 6.07) is 17.6. The third-order valence-electron chi connectivity index (χ3n) is 5.27. The van der Waals surface area contributed by atoms with Crippen LogP contribution >= 0.6 is 15.9 Å². The molecule has 1 N–H and O–H groups in total. The molecular formula is C23H23BrN4O2. The first-order chi connectivity index (χ1) is 14.5. The molecule has 0 radical (unpaired) electrons. The van der Waals surface area contributed by atoms with E-state index >= 15 is 0 Å². The van der Waals surface area contributed by atoms with Crippen molar-refractivity contribution in [2.45, 2.75) is 33.0 Å². The lowest BCUT2D eigenvalue weighted by Crippen LogP contribution is -2.39. The van der Waals surface area contributed by atoms with E-state index < -0.39 is 0 Å². The minimum Gasteiger partial charge on any atom is -0.325 e. The molecule has 1 amide bonds. The summed E-state index contributed by atoms with van der Waals surface area (Å²) in [6.45, 7) is 4.01. The zero-order valence-corrected chi connectivity index (χ0v) is 18.4. The molecule has 2 heterocycles. The Labute approximate surface area is 183 Å². The van der Waals surface area contributed by atoms with E-state index in [9.17, 15) is 9.59 Å². The molecular weight excluding hydrogens is 444 g/mol. The number of aromatic nitrogens is 2. The van der Waals surface area contributed by atoms with Crippen LogP contribution < -0.4 is 10.9 Å². The fourth-order valence-electron chi connectivity index (χ4n) is 3.74. The lowest BCUT2D eigenvalue weighted by Gasteiger charge is -2.28. The Kier molecular flexibility index (Phi) is 6.11. The summed E-state index contributed by atoms with van der Waals surface area (Å²) in [5.74, 6) is 0.317. The quantitative estimate of drug-likeness (QED) is 0.624. The topological polar surface area (TPSA) is 67.2 Å². The van der Waals surface area contributed by atoms with Crippen molar-refractivity contribution in [1.29, 1.82) is 0 Å². The van der Waals surface area contributed by atoms with Crippen LogP contribution in [0.3, 0.4) is 0 Å². The molecule has 1 aromatic heterocycles. The molecule has 0 saturated carbocycles. The number of anilines is 1. The molecule has 0 unspecified atom stereocenters. The van der Waals surface area contributed by atoms with Crippen LogP contribution in [0.5, 0.6) is 0 Å². The Morgan fingerprint density at radius 1 is 1.13 bits per heavy atom. The van der Waals surface area contributed by atoms with Gasteiger partial charge in [-0.2, -0.15) is 0 Å². The molecule has 6 nitrogen and oxygen atoms in total. The molecule has 2 aromatic carbocycles. The average molecular weight is 467 g/mol. The predicted octanol–water partition coefficient (Wildman–Crippen LogP) is 3.51. The van der Waals surface area contributed by atoms with Gasteiger partial charge in [-0.05, 0) is 43.2 Å². The SMILES string of the molecule is Cc1nc2c(c(=O)n1CC(=O)Nc1ccc(Br)cc1)CCN(Cc1ccccc1)C2. The van der Waals surface area contributed by atoms with Gasteiger partial charge < -0.3 is 5.32 Å². The summed E-state index contributed by atoms with van der Waals surface area (Å²) in [5.41, 5.74) is 3.38. The maximum Gasteiger partial charge on any atom is 0.257 e. The zero-order chi connectivity index (χ0) is 21.1. The lowest BCUT2D eigenvalue weighted by atomic mass is 10.1. The fourth-order valence-corrected chi connectivity index (χ4v) is 4.00. The van der Waals surface area contributed by atoms with Crippen LogP contribution in [-0.2, 0) is 30.8 Å². The van der Waals surface area contributed by atoms with E-state index in [1.807, 2.05) is 42.5 Å². The molecule has 7 heteroatoms. The first-order valence-electron chi connectivity index (χ1n) is 9.90. The van der Waals surface area contributed by atoms with Gasteiger partial charge in [0.05, 0.1) is 5.69 Å². The van der Waals surface area contributed by atoms with Crippen LogP contribution in [0.1, 0.15) is 22.6 Å². The molecule has 0 spiro atoms. The van der Waals surface area contributed by atoms with E-state index in [1.165, 1.54) is 10.1 Å². The standard InChI is InChI=1S/C23H23BrN4O2/c1-16-25-21-14-27(13-17-5-3-2-4-6-17)12-11-20(21)23(30)28(16)15-22(29)26-19-9-7-18(24)8-10-19/h2-10H,11-15H2,1H3,(H,26,29). The number of rotatable bonds is 5. The predicted molar refractivity (Wildman–Crippen MR) is 120 cm³/mol. The Morgan fingerprint density at radius 3 is 2.60 bits per heavy atom. The Balaban J connectivity index is 1.48. The van der Waals surface area contributed by atoms with E-state index in [4.69, 9.17) is 0 Å². The third kappa shape index (κ3) is 4.68. The van der Waals surface area contributed by atoms with Crippen molar-refractivity contribution in [3.63, 3.8) is 0 Å². The van der Waals surface area contributed by atoms with E-state index in [0.29, 0.717) is 24.5 Å². The van der Waals surface area contributed by atoms with Crippen molar-refractivity contribution < 1.29 is 4.79 Å².